The number of amides is 2. The fourth-order valence-electron chi connectivity index (χ4n) is 12.3. The highest BCUT2D eigenvalue weighted by Crippen LogP contribution is 2.42. The van der Waals surface area contributed by atoms with Gasteiger partial charge in [-0.05, 0) is 119 Å². The molecule has 21 atom stereocenters. The van der Waals surface area contributed by atoms with Gasteiger partial charge in [0, 0.05) is 62.1 Å². The number of hydrogen-bond donors (Lipinski definition) is 8. The lowest BCUT2D eigenvalue weighted by Crippen LogP contribution is -2.61. The molecule has 0 bridgehead atoms. The number of carbonyl (C=O) groups excluding carboxylic acids is 2. The largest absolute Gasteiger partial charge is 0.459 e. The number of aromatic amines is 1. The number of aryl methyl sites for hydroxylation is 1. The molecule has 0 aliphatic carbocycles. The molecule has 0 spiro atoms. The second-order valence-corrected chi connectivity index (χ2v) is 32.1. The lowest BCUT2D eigenvalue weighted by molar-refractivity contribution is -0.317. The normalized spacial score (nSPS) is 38.9. The zero-order valence-electron chi connectivity index (χ0n) is 54.3. The van der Waals surface area contributed by atoms with E-state index in [1.54, 1.807) is 55.4 Å². The molecule has 0 aromatic carbocycles. The number of rotatable bonds is 20. The summed E-state index contributed by atoms with van der Waals surface area (Å²) >= 11 is 0. The number of esters is 1. The Morgan fingerprint density at radius 2 is 1.58 bits per heavy atom. The van der Waals surface area contributed by atoms with Crippen molar-refractivity contribution in [2.24, 2.45) is 28.8 Å². The fraction of sp³-hybridized carbons (Fsp3) is 0.883. The van der Waals surface area contributed by atoms with Gasteiger partial charge in [0.2, 0.25) is 0 Å². The minimum atomic E-state index is -2.21. The van der Waals surface area contributed by atoms with Crippen LogP contribution >= 0.6 is 0 Å². The smallest absolute Gasteiger partial charge is 0.330 e. The number of ether oxygens (including phenoxy) is 7. The molecule has 1 aromatic rings. The van der Waals surface area contributed by atoms with E-state index in [2.05, 4.69) is 54.6 Å². The molecule has 5 rings (SSSR count). The molecule has 0 radical (unpaired) electrons. The number of urea groups is 1. The molecule has 4 aliphatic rings. The molecule has 24 nitrogen and oxygen atoms in total. The number of H-pyrrole nitrogens is 1. The van der Waals surface area contributed by atoms with Crippen molar-refractivity contribution in [3.8, 4) is 0 Å². The maximum atomic E-state index is 14.6. The van der Waals surface area contributed by atoms with Crippen molar-refractivity contribution in [3.05, 3.63) is 32.6 Å². The third kappa shape index (κ3) is 17.9. The number of likely N-dealkylation sites (N-methyl/N-ethyl adjacent to an activating group) is 1. The molecular weight excluding hydrogens is 1120 g/mol. The fourth-order valence-corrected chi connectivity index (χ4v) is 13.3. The number of nitrogens with zero attached hydrogens (tertiary/aromatic N) is 3. The number of aliphatic hydroxyl groups excluding tert-OH is 3. The first-order valence-corrected chi connectivity index (χ1v) is 33.7. The van der Waals surface area contributed by atoms with Gasteiger partial charge in [-0.3, -0.25) is 19.1 Å². The van der Waals surface area contributed by atoms with Crippen molar-refractivity contribution in [1.82, 2.24) is 25.1 Å². The van der Waals surface area contributed by atoms with Crippen molar-refractivity contribution in [2.75, 3.05) is 41.0 Å². The van der Waals surface area contributed by atoms with Crippen LogP contribution in [0.4, 0.5) is 4.79 Å². The van der Waals surface area contributed by atoms with E-state index in [0.717, 1.165) is 6.42 Å². The molecule has 85 heavy (non-hydrogen) atoms. The Bertz CT molecular complexity index is 2470. The van der Waals surface area contributed by atoms with Crippen molar-refractivity contribution in [1.29, 1.82) is 0 Å². The Hall–Kier alpha value is -3.41. The van der Waals surface area contributed by atoms with Crippen LogP contribution in [-0.4, -0.2) is 203 Å². The van der Waals surface area contributed by atoms with Crippen LogP contribution in [0.3, 0.4) is 0 Å². The van der Waals surface area contributed by atoms with E-state index in [4.69, 9.17) is 42.4 Å². The quantitative estimate of drug-likeness (QED) is 0.0369. The molecule has 8 N–H and O–H groups in total. The lowest BCUT2D eigenvalue weighted by Gasteiger charge is -2.49. The summed E-state index contributed by atoms with van der Waals surface area (Å²) in [4.78, 5) is 63.2. The average molecular weight is 1230 g/mol. The Kier molecular flexibility index (Phi) is 25.5. The third-order valence-corrected chi connectivity index (χ3v) is 23.4. The van der Waals surface area contributed by atoms with Crippen LogP contribution in [0.15, 0.2) is 20.9 Å². The zero-order valence-corrected chi connectivity index (χ0v) is 55.3. The second-order valence-electron chi connectivity index (χ2n) is 27.3. The van der Waals surface area contributed by atoms with E-state index in [1.807, 2.05) is 32.8 Å². The van der Waals surface area contributed by atoms with E-state index in [1.165, 1.54) is 24.8 Å². The van der Waals surface area contributed by atoms with Crippen LogP contribution in [0, 0.1) is 30.6 Å². The van der Waals surface area contributed by atoms with Gasteiger partial charge in [-0.1, -0.05) is 60.0 Å². The predicted molar refractivity (Wildman–Crippen MR) is 321 cm³/mol. The highest BCUT2D eigenvalue weighted by Gasteiger charge is 2.54. The number of cyclic esters (lactones) is 1. The van der Waals surface area contributed by atoms with Crippen LogP contribution in [-0.2, 0) is 47.2 Å². The Morgan fingerprint density at radius 3 is 2.20 bits per heavy atom. The molecule has 1 aromatic heterocycles. The van der Waals surface area contributed by atoms with Crippen LogP contribution in [0.1, 0.15) is 160 Å². The van der Waals surface area contributed by atoms with Gasteiger partial charge in [0.15, 0.2) is 20.9 Å². The Morgan fingerprint density at radius 1 is 0.918 bits per heavy atom. The third-order valence-electron chi connectivity index (χ3n) is 18.9. The van der Waals surface area contributed by atoms with Crippen molar-refractivity contribution in [3.63, 3.8) is 0 Å². The van der Waals surface area contributed by atoms with E-state index in [-0.39, 0.29) is 56.1 Å². The maximum Gasteiger partial charge on any atom is 0.330 e. The van der Waals surface area contributed by atoms with Crippen LogP contribution in [0.2, 0.25) is 18.1 Å². The highest BCUT2D eigenvalue weighted by atomic mass is 28.4. The number of aliphatic hydroxyl groups is 5. The number of aromatic nitrogens is 2. The monoisotopic (exact) mass is 1230 g/mol. The van der Waals surface area contributed by atoms with E-state index < -0.39 is 146 Å². The van der Waals surface area contributed by atoms with E-state index in [9.17, 15) is 44.7 Å². The number of oxime groups is 1. The van der Waals surface area contributed by atoms with Crippen molar-refractivity contribution in [2.45, 2.75) is 275 Å². The SMILES string of the molecule is CC[C@H]1OC(=O)[C@H](C)[C@@H](O[C@H]2C[C@@](C)(OC)[C@@H](O)[C@H](C)O2)[C@H](C)[C@@H](O[C@@H]2O[C@H](C)C[C@H](N(C)C)[C@H]2O)[C@](C)(O)C[C@@H](C)/C(=N\OCCCCCCNC(=O)N[C@H]2C[C@H](n3cc(C)c(=O)[nH]c3=O)O[C@@H]2CO[Si](C)(C)C(C)(C)C)[C@H](C)[C@@H](O)[C@]1(C)O. The summed E-state index contributed by atoms with van der Waals surface area (Å²) in [6, 6.07) is -1.25. The van der Waals surface area contributed by atoms with Gasteiger partial charge in [-0.15, -0.1) is 0 Å². The number of carbonyl (C=O) groups is 2. The summed E-state index contributed by atoms with van der Waals surface area (Å²) in [5.41, 5.74) is -5.32. The van der Waals surface area contributed by atoms with Gasteiger partial charge in [0.1, 0.15) is 42.9 Å². The lowest BCUT2D eigenvalue weighted by atomic mass is 9.73. The molecule has 4 saturated heterocycles. The minimum absolute atomic E-state index is 0.0539. The maximum absolute atomic E-state index is 14.6. The van der Waals surface area contributed by atoms with E-state index >= 15 is 0 Å². The average Bonchev–Trinajstić information content (AvgIpc) is 2.61. The first kappa shape index (κ1) is 72.3. The molecule has 5 heterocycles. The zero-order chi connectivity index (χ0) is 63.9. The summed E-state index contributed by atoms with van der Waals surface area (Å²) < 4.78 is 52.3. The molecule has 0 saturated carbocycles. The molecular formula is C60H108N6O18Si. The van der Waals surface area contributed by atoms with Gasteiger partial charge >= 0.3 is 17.7 Å². The predicted octanol–water partition coefficient (Wildman–Crippen LogP) is 4.99. The molecule has 0 unspecified atom stereocenters. The van der Waals surface area contributed by atoms with Gasteiger partial charge in [0.25, 0.3) is 5.56 Å². The van der Waals surface area contributed by atoms with Gasteiger partial charge in [0.05, 0.1) is 66.0 Å². The summed E-state index contributed by atoms with van der Waals surface area (Å²) in [7, 11) is 3.00. The van der Waals surface area contributed by atoms with E-state index in [0.29, 0.717) is 43.5 Å². The summed E-state index contributed by atoms with van der Waals surface area (Å²) in [5, 5.41) is 70.9. The number of unbranched alkanes of at least 4 members (excludes halogenated alkanes) is 3. The second kappa shape index (κ2) is 29.9. The molecule has 4 aliphatic heterocycles. The Balaban J connectivity index is 1.32. The van der Waals surface area contributed by atoms with Crippen LogP contribution in [0.25, 0.3) is 0 Å². The molecule has 490 valence electrons. The topological polar surface area (TPSA) is 313 Å². The standard InChI is InChI=1S/C60H108N6O18Si/c1-20-43-60(14,75)49(68)36(5)46(64-77-26-24-22-21-23-25-61-55(72)62-40-28-44(66-31-34(3)52(70)63-56(66)73)81-42(40)32-78-85(18,19)57(9,10)11)33(2)29-58(12,74)51(84-54-47(67)41(65(15)16)27-35(4)79-54)37(6)48(38(7)53(71)82-43)83-45-30-59(13,76-17)50(69)39(8)80-45/h31,33,35-45,47-51,54,67-69,74-75H,20-30,32H2,1-19H3,(H2,61,62,72)(H,63,70,73)/b64-46+/t33-,35-,36+,37+,38-,39+,40+,41+,42-,43-,44-,45+,47-,48+,49-,50+,51-,54+,58-,59-,60-/m1/s1. The van der Waals surface area contributed by atoms with Crippen molar-refractivity contribution < 1.29 is 77.5 Å². The molecule has 25 heteroatoms. The Labute approximate surface area is 504 Å². The summed E-state index contributed by atoms with van der Waals surface area (Å²) in [6.45, 7) is 30.0. The van der Waals surface area contributed by atoms with Gasteiger partial charge in [-0.2, -0.15) is 0 Å². The van der Waals surface area contributed by atoms with Crippen LogP contribution < -0.4 is 21.9 Å². The first-order valence-electron chi connectivity index (χ1n) is 30.8. The summed E-state index contributed by atoms with van der Waals surface area (Å²) in [6.07, 6.45) is -6.84. The van der Waals surface area contributed by atoms with Crippen LogP contribution in [0.5, 0.6) is 0 Å². The first-order chi connectivity index (χ1) is 39.4. The van der Waals surface area contributed by atoms with Gasteiger partial charge in [-0.25, -0.2) is 9.59 Å². The van der Waals surface area contributed by atoms with Gasteiger partial charge < -0.3 is 83.5 Å². The minimum Gasteiger partial charge on any atom is -0.459 e. The number of nitrogens with one attached hydrogen (secondary N) is 3. The number of methoxy groups -OCH3 is 1. The molecule has 2 amide bonds. The number of hydrogen-bond acceptors (Lipinski definition) is 20. The molecule has 4 fully saturated rings. The summed E-state index contributed by atoms with van der Waals surface area (Å²) in [5.74, 6) is -4.30. The van der Waals surface area contributed by atoms with Crippen molar-refractivity contribution >= 4 is 26.0 Å². The highest BCUT2D eigenvalue weighted by molar-refractivity contribution is 6.74.